The van der Waals surface area contributed by atoms with Crippen LogP contribution in [0.2, 0.25) is 5.02 Å². The van der Waals surface area contributed by atoms with Crippen molar-refractivity contribution in [2.24, 2.45) is 0 Å². The number of nitrogens with zero attached hydrogens (tertiary/aromatic N) is 3. The van der Waals surface area contributed by atoms with Crippen molar-refractivity contribution in [1.29, 1.82) is 0 Å². The van der Waals surface area contributed by atoms with Crippen LogP contribution < -0.4 is 5.32 Å². The van der Waals surface area contributed by atoms with Crippen LogP contribution in [0.15, 0.2) is 24.4 Å². The van der Waals surface area contributed by atoms with Gasteiger partial charge in [0, 0.05) is 18.2 Å². The van der Waals surface area contributed by atoms with Gasteiger partial charge in [-0.3, -0.25) is 0 Å². The molecule has 0 spiro atoms. The van der Waals surface area contributed by atoms with Gasteiger partial charge in [0.05, 0.1) is 22.6 Å². The minimum Gasteiger partial charge on any atom is -0.306 e. The molecule has 2 rings (SSSR count). The van der Waals surface area contributed by atoms with Gasteiger partial charge in [-0.25, -0.2) is 9.07 Å². The molecule has 0 saturated carbocycles. The molecule has 0 fully saturated rings. The summed E-state index contributed by atoms with van der Waals surface area (Å²) in [6.45, 7) is 6.84. The van der Waals surface area contributed by atoms with E-state index in [-0.39, 0.29) is 10.6 Å². The molecule has 1 aromatic heterocycles. The van der Waals surface area contributed by atoms with E-state index in [9.17, 15) is 4.39 Å². The van der Waals surface area contributed by atoms with Crippen molar-refractivity contribution >= 4 is 11.6 Å². The summed E-state index contributed by atoms with van der Waals surface area (Å²) in [6, 6.07) is 4.53. The minimum atomic E-state index is -0.468. The van der Waals surface area contributed by atoms with E-state index in [1.54, 1.807) is 12.3 Å². The molecule has 1 N–H and O–H groups in total. The van der Waals surface area contributed by atoms with Crippen LogP contribution in [0.5, 0.6) is 0 Å². The van der Waals surface area contributed by atoms with Gasteiger partial charge in [-0.15, -0.1) is 5.10 Å². The first-order chi connectivity index (χ1) is 8.85. The largest absolute Gasteiger partial charge is 0.306 e. The molecule has 1 heterocycles. The van der Waals surface area contributed by atoms with Crippen LogP contribution in [0.4, 0.5) is 4.39 Å². The molecule has 0 aliphatic rings. The Kier molecular flexibility index (Phi) is 3.87. The van der Waals surface area contributed by atoms with Gasteiger partial charge in [0.15, 0.2) is 0 Å². The summed E-state index contributed by atoms with van der Waals surface area (Å²) in [7, 11) is 0. The average molecular weight is 283 g/mol. The maximum atomic E-state index is 13.4. The van der Waals surface area contributed by atoms with E-state index in [2.05, 4.69) is 36.4 Å². The van der Waals surface area contributed by atoms with Crippen molar-refractivity contribution < 1.29 is 4.39 Å². The number of rotatable bonds is 3. The molecule has 0 radical (unpaired) electrons. The summed E-state index contributed by atoms with van der Waals surface area (Å²) < 4.78 is 14.9. The molecule has 102 valence electrons. The summed E-state index contributed by atoms with van der Waals surface area (Å²) in [5.74, 6) is -0.468. The second-order valence-electron chi connectivity index (χ2n) is 5.36. The molecule has 4 nitrogen and oxygen atoms in total. The summed E-state index contributed by atoms with van der Waals surface area (Å²) >= 11 is 5.64. The summed E-state index contributed by atoms with van der Waals surface area (Å²) in [5.41, 5.74) is 1.40. The number of nitrogens with one attached hydrogen (secondary N) is 1. The van der Waals surface area contributed by atoms with E-state index in [1.165, 1.54) is 16.8 Å². The molecular formula is C13H16ClFN4. The van der Waals surface area contributed by atoms with Gasteiger partial charge in [-0.1, -0.05) is 16.8 Å². The third-order valence-electron chi connectivity index (χ3n) is 2.51. The van der Waals surface area contributed by atoms with Crippen molar-refractivity contribution in [3.05, 3.63) is 40.9 Å². The minimum absolute atomic E-state index is 0.0101. The number of halogens is 2. The fourth-order valence-corrected chi connectivity index (χ4v) is 1.61. The van der Waals surface area contributed by atoms with Crippen LogP contribution >= 0.6 is 11.6 Å². The molecule has 0 aliphatic heterocycles. The van der Waals surface area contributed by atoms with Crippen LogP contribution in [0.25, 0.3) is 5.69 Å². The van der Waals surface area contributed by atoms with E-state index in [0.29, 0.717) is 12.2 Å². The average Bonchev–Trinajstić information content (AvgIpc) is 2.78. The Bertz CT molecular complexity index is 574. The van der Waals surface area contributed by atoms with E-state index in [1.807, 2.05) is 0 Å². The zero-order chi connectivity index (χ0) is 14.0. The Morgan fingerprint density at radius 3 is 2.74 bits per heavy atom. The predicted octanol–water partition coefficient (Wildman–Crippen LogP) is 2.95. The van der Waals surface area contributed by atoms with Crippen LogP contribution in [0.1, 0.15) is 26.5 Å². The maximum Gasteiger partial charge on any atom is 0.143 e. The SMILES string of the molecule is CC(C)(C)NCc1cn(-c2ccc(Cl)c(F)c2)nn1. The monoisotopic (exact) mass is 282 g/mol. The Morgan fingerprint density at radius 1 is 1.37 bits per heavy atom. The number of hydrogen-bond acceptors (Lipinski definition) is 3. The van der Waals surface area contributed by atoms with Gasteiger partial charge in [0.25, 0.3) is 0 Å². The van der Waals surface area contributed by atoms with Crippen LogP contribution in [0.3, 0.4) is 0 Å². The second-order valence-corrected chi connectivity index (χ2v) is 5.76. The fourth-order valence-electron chi connectivity index (χ4n) is 1.49. The number of hydrogen-bond donors (Lipinski definition) is 1. The highest BCUT2D eigenvalue weighted by Crippen LogP contribution is 2.17. The Balaban J connectivity index is 2.14. The van der Waals surface area contributed by atoms with Crippen LogP contribution in [-0.2, 0) is 6.54 Å². The molecule has 6 heteroatoms. The second kappa shape index (κ2) is 5.27. The van der Waals surface area contributed by atoms with Crippen molar-refractivity contribution in [3.8, 4) is 5.69 Å². The molecule has 0 aliphatic carbocycles. The predicted molar refractivity (Wildman–Crippen MR) is 72.9 cm³/mol. The lowest BCUT2D eigenvalue weighted by molar-refractivity contribution is 0.421. The first kappa shape index (κ1) is 14.0. The topological polar surface area (TPSA) is 42.7 Å². The quantitative estimate of drug-likeness (QED) is 0.941. The molecule has 1 aromatic carbocycles. The molecule has 0 bridgehead atoms. The van der Waals surface area contributed by atoms with Gasteiger partial charge in [0.2, 0.25) is 0 Å². The van der Waals surface area contributed by atoms with Gasteiger partial charge < -0.3 is 5.32 Å². The first-order valence-electron chi connectivity index (χ1n) is 5.97. The van der Waals surface area contributed by atoms with E-state index >= 15 is 0 Å². The fraction of sp³-hybridized carbons (Fsp3) is 0.385. The van der Waals surface area contributed by atoms with Gasteiger partial charge in [-0.2, -0.15) is 0 Å². The van der Waals surface area contributed by atoms with E-state index < -0.39 is 5.82 Å². The molecule has 2 aromatic rings. The zero-order valence-electron chi connectivity index (χ0n) is 11.1. The Labute approximate surface area is 116 Å². The highest BCUT2D eigenvalue weighted by molar-refractivity contribution is 6.30. The lowest BCUT2D eigenvalue weighted by Gasteiger charge is -2.19. The van der Waals surface area contributed by atoms with Gasteiger partial charge in [0.1, 0.15) is 5.82 Å². The smallest absolute Gasteiger partial charge is 0.143 e. The summed E-state index contributed by atoms with van der Waals surface area (Å²) in [4.78, 5) is 0. The molecule has 0 unspecified atom stereocenters. The maximum absolute atomic E-state index is 13.4. The third-order valence-corrected chi connectivity index (χ3v) is 2.81. The van der Waals surface area contributed by atoms with Crippen LogP contribution in [-0.4, -0.2) is 20.5 Å². The van der Waals surface area contributed by atoms with E-state index in [4.69, 9.17) is 11.6 Å². The molecular weight excluding hydrogens is 267 g/mol. The number of benzene rings is 1. The van der Waals surface area contributed by atoms with Crippen molar-refractivity contribution in [3.63, 3.8) is 0 Å². The van der Waals surface area contributed by atoms with E-state index in [0.717, 1.165) is 5.69 Å². The summed E-state index contributed by atoms with van der Waals surface area (Å²) in [6.07, 6.45) is 1.77. The normalized spacial score (nSPS) is 11.8. The molecule has 0 saturated heterocycles. The standard InChI is InChI=1S/C13H16ClFN4/c1-13(2,3)16-7-9-8-19(18-17-9)10-4-5-11(14)12(15)6-10/h4-6,8,16H,7H2,1-3H3. The van der Waals surface area contributed by atoms with Gasteiger partial charge in [-0.05, 0) is 32.9 Å². The zero-order valence-corrected chi connectivity index (χ0v) is 11.9. The van der Waals surface area contributed by atoms with Crippen molar-refractivity contribution in [2.75, 3.05) is 0 Å². The van der Waals surface area contributed by atoms with Crippen LogP contribution in [0, 0.1) is 5.82 Å². The highest BCUT2D eigenvalue weighted by Gasteiger charge is 2.11. The third kappa shape index (κ3) is 3.75. The Morgan fingerprint density at radius 2 is 2.11 bits per heavy atom. The Hall–Kier alpha value is -1.46. The summed E-state index contributed by atoms with van der Waals surface area (Å²) in [5, 5.41) is 11.4. The lowest BCUT2D eigenvalue weighted by atomic mass is 10.1. The van der Waals surface area contributed by atoms with Gasteiger partial charge >= 0.3 is 0 Å². The lowest BCUT2D eigenvalue weighted by Crippen LogP contribution is -2.35. The van der Waals surface area contributed by atoms with Crippen molar-refractivity contribution in [1.82, 2.24) is 20.3 Å². The molecule has 19 heavy (non-hydrogen) atoms. The number of aromatic nitrogens is 3. The molecule has 0 amide bonds. The first-order valence-corrected chi connectivity index (χ1v) is 6.35. The highest BCUT2D eigenvalue weighted by atomic mass is 35.5. The molecule has 0 atom stereocenters. The van der Waals surface area contributed by atoms with Crippen molar-refractivity contribution in [2.45, 2.75) is 32.9 Å².